The molecule has 1 atom stereocenters. The topological polar surface area (TPSA) is 73.1 Å². The van der Waals surface area contributed by atoms with E-state index in [0.29, 0.717) is 5.82 Å². The van der Waals surface area contributed by atoms with E-state index in [9.17, 15) is 13.2 Å². The van der Waals surface area contributed by atoms with Gasteiger partial charge in [0.05, 0.1) is 0 Å². The Morgan fingerprint density at radius 3 is 2.45 bits per heavy atom. The molecule has 9 heteroatoms. The summed E-state index contributed by atoms with van der Waals surface area (Å²) in [4.78, 5) is 7.70. The van der Waals surface area contributed by atoms with Crippen LogP contribution in [0.15, 0.2) is 30.6 Å². The molecule has 22 heavy (non-hydrogen) atoms. The van der Waals surface area contributed by atoms with Crippen molar-refractivity contribution in [2.75, 3.05) is 11.1 Å². The van der Waals surface area contributed by atoms with Crippen LogP contribution in [0.4, 0.5) is 24.8 Å². The molecule has 0 aliphatic rings. The van der Waals surface area contributed by atoms with Gasteiger partial charge in [0.2, 0.25) is 0 Å². The van der Waals surface area contributed by atoms with Gasteiger partial charge in [-0.05, 0) is 24.6 Å². The van der Waals surface area contributed by atoms with Crippen LogP contribution >= 0.6 is 11.6 Å². The third kappa shape index (κ3) is 4.14. The van der Waals surface area contributed by atoms with E-state index in [4.69, 9.17) is 17.3 Å². The fourth-order valence-corrected chi connectivity index (χ4v) is 1.88. The van der Waals surface area contributed by atoms with Crippen LogP contribution in [0.5, 0.6) is 5.75 Å². The molecule has 0 fully saturated rings. The Hall–Kier alpha value is -2.22. The predicted octanol–water partition coefficient (Wildman–Crippen LogP) is 3.78. The zero-order chi connectivity index (χ0) is 16.3. The molecule has 1 aromatic heterocycles. The molecule has 0 saturated carbocycles. The molecule has 1 heterocycles. The molecule has 0 bridgehead atoms. The van der Waals surface area contributed by atoms with Crippen molar-refractivity contribution in [3.8, 4) is 5.75 Å². The third-order valence-electron chi connectivity index (χ3n) is 2.78. The Morgan fingerprint density at radius 1 is 1.23 bits per heavy atom. The van der Waals surface area contributed by atoms with Crippen LogP contribution in [-0.2, 0) is 0 Å². The minimum Gasteiger partial charge on any atom is -0.406 e. The summed E-state index contributed by atoms with van der Waals surface area (Å²) in [6, 6.07) is 5.23. The summed E-state index contributed by atoms with van der Waals surface area (Å²) in [6.07, 6.45) is -3.45. The number of hydrogen-bond donors (Lipinski definition) is 2. The highest BCUT2D eigenvalue weighted by molar-refractivity contribution is 6.35. The summed E-state index contributed by atoms with van der Waals surface area (Å²) in [5, 5.41) is 3.20. The molecular formula is C13H12ClF3N4O. The van der Waals surface area contributed by atoms with E-state index in [-0.39, 0.29) is 22.6 Å². The second kappa shape index (κ2) is 6.27. The van der Waals surface area contributed by atoms with Gasteiger partial charge in [-0.3, -0.25) is 0 Å². The summed E-state index contributed by atoms with van der Waals surface area (Å²) >= 11 is 5.97. The predicted molar refractivity (Wildman–Crippen MR) is 76.6 cm³/mol. The molecule has 2 rings (SSSR count). The van der Waals surface area contributed by atoms with E-state index in [1.165, 1.54) is 30.6 Å². The van der Waals surface area contributed by atoms with Gasteiger partial charge in [0.15, 0.2) is 5.82 Å². The fraction of sp³-hybridized carbons (Fsp3) is 0.231. The third-order valence-corrected chi connectivity index (χ3v) is 3.16. The van der Waals surface area contributed by atoms with Crippen LogP contribution in [-0.4, -0.2) is 16.3 Å². The molecule has 0 spiro atoms. The summed E-state index contributed by atoms with van der Waals surface area (Å²) < 4.78 is 40.1. The highest BCUT2D eigenvalue weighted by Gasteiger charge is 2.31. The molecule has 3 N–H and O–H groups in total. The highest BCUT2D eigenvalue weighted by Crippen LogP contribution is 2.28. The van der Waals surface area contributed by atoms with Crippen molar-refractivity contribution < 1.29 is 17.9 Å². The van der Waals surface area contributed by atoms with Crippen LogP contribution < -0.4 is 15.8 Å². The lowest BCUT2D eigenvalue weighted by atomic mass is 10.1. The molecule has 2 aromatic rings. The quantitative estimate of drug-likeness (QED) is 0.891. The molecule has 0 aliphatic heterocycles. The van der Waals surface area contributed by atoms with E-state index in [0.717, 1.165) is 5.56 Å². The van der Waals surface area contributed by atoms with Gasteiger partial charge in [0.25, 0.3) is 0 Å². The molecule has 0 amide bonds. The first kappa shape index (κ1) is 16.2. The monoisotopic (exact) mass is 332 g/mol. The number of benzene rings is 1. The highest BCUT2D eigenvalue weighted by atomic mass is 35.5. The van der Waals surface area contributed by atoms with Gasteiger partial charge in [-0.2, -0.15) is 0 Å². The number of nitrogen functional groups attached to an aromatic ring is 1. The largest absolute Gasteiger partial charge is 0.573 e. The van der Waals surface area contributed by atoms with Crippen molar-refractivity contribution >= 4 is 23.2 Å². The lowest BCUT2D eigenvalue weighted by Gasteiger charge is -2.16. The Bertz CT molecular complexity index is 649. The van der Waals surface area contributed by atoms with Crippen LogP contribution in [0.1, 0.15) is 18.5 Å². The first-order valence-electron chi connectivity index (χ1n) is 6.14. The number of aromatic nitrogens is 2. The molecule has 0 radical (unpaired) electrons. The van der Waals surface area contributed by atoms with Gasteiger partial charge in [0.1, 0.15) is 22.9 Å². The average molecular weight is 333 g/mol. The van der Waals surface area contributed by atoms with Crippen molar-refractivity contribution in [3.05, 3.63) is 41.2 Å². The molecule has 0 unspecified atom stereocenters. The molecule has 0 saturated heterocycles. The van der Waals surface area contributed by atoms with Crippen LogP contribution in [0.2, 0.25) is 5.02 Å². The van der Waals surface area contributed by atoms with Crippen molar-refractivity contribution in [3.63, 3.8) is 0 Å². The Morgan fingerprint density at radius 2 is 1.86 bits per heavy atom. The maximum absolute atomic E-state index is 12.1. The molecular weight excluding hydrogens is 321 g/mol. The van der Waals surface area contributed by atoms with Gasteiger partial charge in [-0.1, -0.05) is 23.7 Å². The van der Waals surface area contributed by atoms with Crippen molar-refractivity contribution in [2.45, 2.75) is 19.3 Å². The second-order valence-corrected chi connectivity index (χ2v) is 4.78. The number of nitrogens with two attached hydrogens (primary N) is 1. The molecule has 118 valence electrons. The normalized spacial score (nSPS) is 12.8. The SMILES string of the molecule is C[C@H](Nc1ncnc(N)c1Cl)c1ccc(OC(F)(F)F)cc1. The number of hydrogen-bond acceptors (Lipinski definition) is 5. The van der Waals surface area contributed by atoms with E-state index in [2.05, 4.69) is 20.0 Å². The molecule has 0 aliphatic carbocycles. The maximum atomic E-state index is 12.1. The summed E-state index contributed by atoms with van der Waals surface area (Å²) in [6.45, 7) is 1.80. The number of rotatable bonds is 4. The van der Waals surface area contributed by atoms with Crippen molar-refractivity contribution in [1.82, 2.24) is 9.97 Å². The number of halogens is 4. The molecule has 5 nitrogen and oxygen atoms in total. The first-order valence-corrected chi connectivity index (χ1v) is 6.52. The van der Waals surface area contributed by atoms with Gasteiger partial charge < -0.3 is 15.8 Å². The van der Waals surface area contributed by atoms with E-state index in [1.54, 1.807) is 6.92 Å². The van der Waals surface area contributed by atoms with E-state index >= 15 is 0 Å². The van der Waals surface area contributed by atoms with E-state index < -0.39 is 6.36 Å². The number of ether oxygens (including phenoxy) is 1. The first-order chi connectivity index (χ1) is 10.3. The van der Waals surface area contributed by atoms with Crippen molar-refractivity contribution in [1.29, 1.82) is 0 Å². The van der Waals surface area contributed by atoms with E-state index in [1.807, 2.05) is 0 Å². The maximum Gasteiger partial charge on any atom is 0.573 e. The number of nitrogens with one attached hydrogen (secondary N) is 1. The number of anilines is 2. The van der Waals surface area contributed by atoms with Gasteiger partial charge in [-0.15, -0.1) is 13.2 Å². The lowest BCUT2D eigenvalue weighted by Crippen LogP contribution is -2.17. The Kier molecular flexibility index (Phi) is 4.60. The standard InChI is InChI=1S/C13H12ClF3N4O/c1-7(21-12-10(14)11(18)19-6-20-12)8-2-4-9(5-3-8)22-13(15,16)17/h2-7H,1H3,(H3,18,19,20,21)/t7-/m0/s1. The zero-order valence-electron chi connectivity index (χ0n) is 11.4. The van der Waals surface area contributed by atoms with Gasteiger partial charge in [-0.25, -0.2) is 9.97 Å². The summed E-state index contributed by atoms with van der Waals surface area (Å²) in [5.41, 5.74) is 6.29. The minimum atomic E-state index is -4.71. The molecule has 1 aromatic carbocycles. The van der Waals surface area contributed by atoms with Crippen LogP contribution in [0, 0.1) is 0 Å². The van der Waals surface area contributed by atoms with Crippen LogP contribution in [0.3, 0.4) is 0 Å². The fourth-order valence-electron chi connectivity index (χ4n) is 1.73. The Balaban J connectivity index is 2.10. The summed E-state index contributed by atoms with van der Waals surface area (Å²) in [7, 11) is 0. The lowest BCUT2D eigenvalue weighted by molar-refractivity contribution is -0.274. The Labute approximate surface area is 129 Å². The number of nitrogens with zero attached hydrogens (tertiary/aromatic N) is 2. The van der Waals surface area contributed by atoms with Gasteiger partial charge >= 0.3 is 6.36 Å². The smallest absolute Gasteiger partial charge is 0.406 e. The number of alkyl halides is 3. The second-order valence-electron chi connectivity index (χ2n) is 4.40. The van der Waals surface area contributed by atoms with Crippen LogP contribution in [0.25, 0.3) is 0 Å². The summed E-state index contributed by atoms with van der Waals surface area (Å²) in [5.74, 6) is 0.199. The van der Waals surface area contributed by atoms with Gasteiger partial charge in [0, 0.05) is 6.04 Å². The zero-order valence-corrected chi connectivity index (χ0v) is 12.1. The minimum absolute atomic E-state index is 0.139. The van der Waals surface area contributed by atoms with Crippen molar-refractivity contribution in [2.24, 2.45) is 0 Å². The average Bonchev–Trinajstić information content (AvgIpc) is 2.43.